The number of carbonyl (C=O) groups excluding carboxylic acids is 4. The number of ether oxygens (including phenoxy) is 1. The number of ketones is 3. The molecule has 0 bridgehead atoms. The molecule has 0 saturated carbocycles. The molecule has 5 N–H and O–H groups in total. The summed E-state index contributed by atoms with van der Waals surface area (Å²) in [7, 11) is 3.09. The fourth-order valence-corrected chi connectivity index (χ4v) is 12.5. The van der Waals surface area contributed by atoms with Gasteiger partial charge >= 0.3 is 12.0 Å². The predicted molar refractivity (Wildman–Crippen MR) is 495 cm³/mol. The van der Waals surface area contributed by atoms with E-state index in [1.54, 1.807) is 189 Å². The lowest BCUT2D eigenvalue weighted by molar-refractivity contribution is 0.0600. The molecule has 6 heterocycles. The highest BCUT2D eigenvalue weighted by molar-refractivity contribution is 5.97. The molecule has 30 heteroatoms. The average Bonchev–Trinajstić information content (AvgIpc) is 1.87. The highest BCUT2D eigenvalue weighted by Gasteiger charge is 2.19. The Balaban J connectivity index is 0.000000136. The molecular formula is C103H83F7N12O11. The minimum atomic E-state index is -0.753. The summed E-state index contributed by atoms with van der Waals surface area (Å²) in [6.45, 7) is 9.01. The number of methoxy groups -OCH3 is 1. The molecule has 6 aromatic heterocycles. The van der Waals surface area contributed by atoms with Crippen LogP contribution in [0.5, 0.6) is 0 Å². The Morgan fingerprint density at radius 2 is 0.699 bits per heavy atom. The molecule has 0 fully saturated rings. The van der Waals surface area contributed by atoms with Crippen LogP contribution in [0.1, 0.15) is 86.7 Å². The molecule has 0 aliphatic heterocycles. The zero-order valence-corrected chi connectivity index (χ0v) is 72.3. The zero-order chi connectivity index (χ0) is 93.9. The lowest BCUT2D eigenvalue weighted by Gasteiger charge is -2.14. The van der Waals surface area contributed by atoms with Crippen molar-refractivity contribution in [3.63, 3.8) is 0 Å². The van der Waals surface area contributed by atoms with Gasteiger partial charge in [0.05, 0.1) is 49.9 Å². The second-order valence-corrected chi connectivity index (χ2v) is 29.1. The van der Waals surface area contributed by atoms with Gasteiger partial charge in [-0.1, -0.05) is 147 Å². The van der Waals surface area contributed by atoms with Gasteiger partial charge in [0.15, 0.2) is 51.9 Å². The zero-order valence-electron chi connectivity index (χ0n) is 72.3. The number of hydrogen-bond acceptors (Lipinski definition) is 23. The van der Waals surface area contributed by atoms with Crippen LogP contribution in [0.4, 0.5) is 101 Å². The van der Waals surface area contributed by atoms with E-state index in [1.807, 2.05) is 62.4 Å². The third-order valence-corrected chi connectivity index (χ3v) is 19.5. The first-order valence-electron chi connectivity index (χ1n) is 41.1. The number of para-hydroxylation sites is 1. The van der Waals surface area contributed by atoms with Gasteiger partial charge in [-0.25, -0.2) is 65.4 Å². The van der Waals surface area contributed by atoms with Crippen LogP contribution >= 0.6 is 0 Å². The Bertz CT molecular complexity index is 6910. The van der Waals surface area contributed by atoms with E-state index in [-0.39, 0.29) is 64.2 Å². The molecule has 0 aliphatic rings. The second-order valence-electron chi connectivity index (χ2n) is 29.1. The van der Waals surface area contributed by atoms with Crippen LogP contribution < -0.4 is 31.5 Å². The van der Waals surface area contributed by atoms with Crippen molar-refractivity contribution in [1.82, 2.24) is 29.9 Å². The fourth-order valence-electron chi connectivity index (χ4n) is 12.5. The molecule has 12 aromatic carbocycles. The summed E-state index contributed by atoms with van der Waals surface area (Å²) in [5.41, 5.74) is 12.9. The minimum absolute atomic E-state index is 0.0116. The Hall–Kier alpha value is -17.3. The number of hydrogen-bond donors (Lipinski definition) is 5. The van der Waals surface area contributed by atoms with Gasteiger partial charge in [-0.15, -0.1) is 0 Å². The van der Waals surface area contributed by atoms with Gasteiger partial charge in [0.1, 0.15) is 46.4 Å². The van der Waals surface area contributed by atoms with E-state index in [9.17, 15) is 49.9 Å². The second kappa shape index (κ2) is 44.9. The number of halogens is 7. The Labute approximate surface area is 758 Å². The van der Waals surface area contributed by atoms with Gasteiger partial charge in [-0.2, -0.15) is 0 Å². The SMILES string of the molecule is CC(=O)c1ccc(-c2cnc(Nc3ccc(F)cc3)o2)cc1.CC(=O)c1ccc(-c2cnc(Nc3cccc(F)c3)o2)cc1.CCC(=O)c1cccc(-c2cnc(N(C)c3ccc(F)cc3)o2)c1.CCc1cccc(-c2cnc(Nc3ccc(F)cc3)o2)c1.COC(=O)c1ccc(-c2cnc(Nc3c(F)cccc3F)o2)cc1.Cc1cccc(-c2cnc(Nc3ccc(F)cc3)o2)c1. The molecule has 18 rings (SSSR count). The number of anilines is 12. The molecular weight excluding hydrogens is 1710 g/mol. The van der Waals surface area contributed by atoms with Crippen LogP contribution in [0.15, 0.2) is 349 Å². The first-order valence-corrected chi connectivity index (χ1v) is 41.1. The summed E-state index contributed by atoms with van der Waals surface area (Å²) in [4.78, 5) is 72.3. The molecule has 670 valence electrons. The molecule has 0 unspecified atom stereocenters. The number of carbonyl (C=O) groups is 4. The van der Waals surface area contributed by atoms with Gasteiger partial charge in [0, 0.05) is 92.0 Å². The van der Waals surface area contributed by atoms with Gasteiger partial charge in [0.25, 0.3) is 30.1 Å². The lowest BCUT2D eigenvalue weighted by atomic mass is 10.0. The third kappa shape index (κ3) is 26.4. The molecule has 23 nitrogen and oxygen atoms in total. The molecule has 0 amide bonds. The van der Waals surface area contributed by atoms with Gasteiger partial charge in [0.2, 0.25) is 0 Å². The summed E-state index contributed by atoms with van der Waals surface area (Å²) in [5, 5.41) is 14.3. The highest BCUT2D eigenvalue weighted by Crippen LogP contribution is 2.35. The van der Waals surface area contributed by atoms with Gasteiger partial charge in [-0.05, 0) is 190 Å². The molecule has 0 atom stereocenters. The standard InChI is InChI=1S/C19H17FN2O2.C17H12F2N2O3.2C17H13FN2O2.C17H15FN2O.C16H13FN2O/c1-3-17(23)13-5-4-6-14(11-13)18-12-21-19(24-18)22(2)16-9-7-15(20)8-10-16;1-23-16(22)11-7-5-10(6-8-11)14-9-20-17(24-14)21-15-12(18)3-2-4-13(15)19;1-11(21)12-2-4-13(5-3-12)16-10-19-17(22-16)20-15-8-6-14(18)7-9-15;1-11(21)12-5-7-13(8-6-12)16-10-19-17(22-16)20-15-4-2-3-14(18)9-15;1-2-12-4-3-5-13(10-12)16-11-19-17(21-16)20-15-8-6-14(18)7-9-15;1-11-3-2-4-12(9-11)15-10-18-16(20-15)19-14-7-5-13(17)6-8-14/h4-12H,3H2,1-2H3;2-9H,1H3,(H,20,21);2*2-10H,1H3,(H,19,20);3-11H,2H2,1H3,(H,19,20);2-10H,1H3,(H,18,19). The normalized spacial score (nSPS) is 10.5. The van der Waals surface area contributed by atoms with Gasteiger partial charge < -0.3 is 57.8 Å². The molecule has 0 radical (unpaired) electrons. The van der Waals surface area contributed by atoms with E-state index >= 15 is 0 Å². The Morgan fingerprint density at radius 3 is 1.11 bits per heavy atom. The summed E-state index contributed by atoms with van der Waals surface area (Å²) in [6.07, 6.45) is 11.0. The third-order valence-electron chi connectivity index (χ3n) is 19.5. The van der Waals surface area contributed by atoms with E-state index in [0.29, 0.717) is 104 Å². The predicted octanol–water partition coefficient (Wildman–Crippen LogP) is 27.2. The number of benzene rings is 12. The van der Waals surface area contributed by atoms with Gasteiger partial charge in [-0.3, -0.25) is 19.3 Å². The molecule has 0 aliphatic carbocycles. The monoisotopic (exact) mass is 1800 g/mol. The van der Waals surface area contributed by atoms with Crippen molar-refractivity contribution in [2.24, 2.45) is 0 Å². The summed E-state index contributed by atoms with van der Waals surface area (Å²) in [6, 6.07) is 79.3. The van der Waals surface area contributed by atoms with Crippen LogP contribution in [-0.4, -0.2) is 67.4 Å². The number of nitrogens with zero attached hydrogens (tertiary/aromatic N) is 7. The number of nitrogens with one attached hydrogen (secondary N) is 5. The van der Waals surface area contributed by atoms with Crippen LogP contribution in [0.2, 0.25) is 0 Å². The smallest absolute Gasteiger partial charge is 0.337 e. The first kappa shape index (κ1) is 93.3. The Morgan fingerprint density at radius 1 is 0.338 bits per heavy atom. The maximum Gasteiger partial charge on any atom is 0.337 e. The summed E-state index contributed by atoms with van der Waals surface area (Å²) >= 11 is 0. The van der Waals surface area contributed by atoms with Crippen molar-refractivity contribution >= 4 is 93.5 Å². The van der Waals surface area contributed by atoms with E-state index in [4.69, 9.17) is 26.5 Å². The van der Waals surface area contributed by atoms with Crippen molar-refractivity contribution in [1.29, 1.82) is 0 Å². The van der Waals surface area contributed by atoms with Crippen molar-refractivity contribution in [3.05, 3.63) is 396 Å². The number of Topliss-reactive ketones (excluding diaryl/α,β-unsaturated/α-hetero) is 3. The number of aryl methyl sites for hydroxylation is 2. The summed E-state index contributed by atoms with van der Waals surface area (Å²) < 4.78 is 130. The van der Waals surface area contributed by atoms with Crippen LogP contribution in [-0.2, 0) is 11.2 Å². The summed E-state index contributed by atoms with van der Waals surface area (Å²) in [5.74, 6) is 0.176. The Kier molecular flexibility index (Phi) is 31.5. The number of esters is 1. The van der Waals surface area contributed by atoms with E-state index in [1.165, 1.54) is 99.4 Å². The molecule has 18 aromatic rings. The van der Waals surface area contributed by atoms with Crippen molar-refractivity contribution in [3.8, 4) is 67.9 Å². The highest BCUT2D eigenvalue weighted by atomic mass is 19.2. The first-order chi connectivity index (χ1) is 64.3. The lowest BCUT2D eigenvalue weighted by Crippen LogP contribution is -2.09. The number of rotatable bonds is 24. The number of aromatic nitrogens is 6. The minimum Gasteiger partial charge on any atom is -0.465 e. The molecule has 133 heavy (non-hydrogen) atoms. The molecule has 0 spiro atoms. The van der Waals surface area contributed by atoms with E-state index in [0.717, 1.165) is 69.0 Å². The van der Waals surface area contributed by atoms with Crippen LogP contribution in [0, 0.1) is 47.6 Å². The van der Waals surface area contributed by atoms with Crippen LogP contribution in [0.25, 0.3) is 67.9 Å². The van der Waals surface area contributed by atoms with E-state index in [2.05, 4.69) is 80.3 Å². The van der Waals surface area contributed by atoms with Crippen LogP contribution in [0.3, 0.4) is 0 Å². The fraction of sp³-hybridized carbons (Fsp3) is 0.0874. The largest absolute Gasteiger partial charge is 0.465 e. The maximum absolute atomic E-state index is 13.6. The topological polar surface area (TPSA) is 297 Å². The number of oxazole rings is 6. The van der Waals surface area contributed by atoms with E-state index < -0.39 is 17.6 Å². The van der Waals surface area contributed by atoms with Crippen molar-refractivity contribution in [2.75, 3.05) is 45.6 Å². The maximum atomic E-state index is 13.6. The van der Waals surface area contributed by atoms with Crippen molar-refractivity contribution in [2.45, 2.75) is 47.5 Å². The average molecular weight is 1800 g/mol. The molecule has 0 saturated heterocycles. The quantitative estimate of drug-likeness (QED) is 0.0213. The van der Waals surface area contributed by atoms with Crippen molar-refractivity contribution < 1.29 is 81.2 Å².